The van der Waals surface area contributed by atoms with Crippen LogP contribution < -0.4 is 0 Å². The Bertz CT molecular complexity index is 819. The van der Waals surface area contributed by atoms with Crippen LogP contribution >= 0.6 is 0 Å². The molecule has 0 aromatic carbocycles. The topological polar surface area (TPSA) is 66.8 Å². The van der Waals surface area contributed by atoms with Crippen LogP contribution in [0.15, 0.2) is 0 Å². The van der Waals surface area contributed by atoms with Gasteiger partial charge in [0.2, 0.25) is 0 Å². The predicted octanol–water partition coefficient (Wildman–Crippen LogP) is 6.55. The third kappa shape index (κ3) is 2.99. The first-order chi connectivity index (χ1) is 15.9. The van der Waals surface area contributed by atoms with Crippen LogP contribution in [0, 0.1) is 56.7 Å². The van der Waals surface area contributed by atoms with Gasteiger partial charge in [0.1, 0.15) is 0 Å². The molecular formula is C30H50O4. The molecule has 0 amide bonds. The molecule has 0 heterocycles. The van der Waals surface area contributed by atoms with Crippen LogP contribution in [0.5, 0.6) is 0 Å². The monoisotopic (exact) mass is 474 g/mol. The van der Waals surface area contributed by atoms with E-state index in [4.69, 9.17) is 4.74 Å². The van der Waals surface area contributed by atoms with Gasteiger partial charge in [-0.1, -0.05) is 41.0 Å². The molecule has 4 nitrogen and oxygen atoms in total. The lowest BCUT2D eigenvalue weighted by molar-refractivity contribution is -0.241. The van der Waals surface area contributed by atoms with Crippen LogP contribution in [0.2, 0.25) is 0 Å². The number of aliphatic hydroxyl groups is 1. The summed E-state index contributed by atoms with van der Waals surface area (Å²) in [6, 6.07) is 0. The number of aliphatic carboxylic acids is 1. The van der Waals surface area contributed by atoms with E-state index in [1.54, 1.807) is 7.11 Å². The Balaban J connectivity index is 1.56. The highest BCUT2D eigenvalue weighted by Crippen LogP contribution is 2.77. The van der Waals surface area contributed by atoms with Crippen LogP contribution in [0.4, 0.5) is 0 Å². The molecule has 0 spiro atoms. The Morgan fingerprint density at radius 1 is 0.882 bits per heavy atom. The van der Waals surface area contributed by atoms with Crippen LogP contribution in [0.25, 0.3) is 0 Å². The largest absolute Gasteiger partial charge is 0.481 e. The normalized spacial score (nSPS) is 52.6. The summed E-state index contributed by atoms with van der Waals surface area (Å²) in [5.41, 5.74) is 0.622. The average Bonchev–Trinajstić information content (AvgIpc) is 3.15. The Morgan fingerprint density at radius 3 is 2.26 bits per heavy atom. The van der Waals surface area contributed by atoms with Gasteiger partial charge >= 0.3 is 5.97 Å². The number of hydrogen-bond donors (Lipinski definition) is 2. The first-order valence-electron chi connectivity index (χ1n) is 14.3. The first-order valence-corrected chi connectivity index (χ1v) is 14.3. The zero-order valence-electron chi connectivity index (χ0n) is 22.7. The third-order valence-electron chi connectivity index (χ3n) is 13.6. The van der Waals surface area contributed by atoms with Crippen LogP contribution in [0.3, 0.4) is 0 Å². The standard InChI is InChI=1S/C30H50O4/c1-26(2)12-7-13-27(3)22(26)11-14-29(5)23(27)9-8-20-24-19(21(18-31)34-6)10-15-30(24,25(32)33)17-16-28(20,29)4/h19-24,31H,7-18H2,1-6H3,(H,32,33)/t19?,20?,21?,22?,23?,24?,27?,28-,29?,30?/m1/s1. The second-order valence-electron chi connectivity index (χ2n) is 14.7. The number of fused-ring (bicyclic) bond motifs is 7. The number of aliphatic hydroxyl groups excluding tert-OH is 1. The van der Waals surface area contributed by atoms with Crippen LogP contribution in [-0.2, 0) is 9.53 Å². The minimum atomic E-state index is -0.627. The molecule has 5 rings (SSSR count). The van der Waals surface area contributed by atoms with Crippen LogP contribution in [0.1, 0.15) is 105 Å². The molecule has 5 aliphatic carbocycles. The molecule has 5 fully saturated rings. The molecule has 2 N–H and O–H groups in total. The van der Waals surface area contributed by atoms with Gasteiger partial charge in [-0.2, -0.15) is 0 Å². The van der Waals surface area contributed by atoms with Gasteiger partial charge in [-0.25, -0.2) is 0 Å². The van der Waals surface area contributed by atoms with Gasteiger partial charge in [-0.05, 0) is 115 Å². The maximum atomic E-state index is 12.9. The number of carboxylic acids is 1. The van der Waals surface area contributed by atoms with E-state index in [0.29, 0.717) is 16.7 Å². The molecule has 0 radical (unpaired) electrons. The maximum Gasteiger partial charge on any atom is 0.309 e. The molecule has 4 heteroatoms. The maximum absolute atomic E-state index is 12.9. The van der Waals surface area contributed by atoms with Gasteiger partial charge < -0.3 is 14.9 Å². The highest BCUT2D eigenvalue weighted by atomic mass is 16.5. The quantitative estimate of drug-likeness (QED) is 0.485. The zero-order valence-corrected chi connectivity index (χ0v) is 22.7. The fraction of sp³-hybridized carbons (Fsp3) is 0.967. The summed E-state index contributed by atoms with van der Waals surface area (Å²) in [7, 11) is 1.69. The average molecular weight is 475 g/mol. The van der Waals surface area contributed by atoms with Crippen molar-refractivity contribution in [2.45, 2.75) is 111 Å². The smallest absolute Gasteiger partial charge is 0.309 e. The molecule has 194 valence electrons. The molecule has 0 aromatic rings. The number of carbonyl (C=O) groups is 1. The summed E-state index contributed by atoms with van der Waals surface area (Å²) in [6.07, 6.45) is 12.3. The minimum Gasteiger partial charge on any atom is -0.481 e. The highest BCUT2D eigenvalue weighted by molar-refractivity contribution is 5.76. The summed E-state index contributed by atoms with van der Waals surface area (Å²) in [5.74, 6) is 1.62. The number of methoxy groups -OCH3 is 1. The molecule has 5 aliphatic rings. The fourth-order valence-corrected chi connectivity index (χ4v) is 11.9. The predicted molar refractivity (Wildman–Crippen MR) is 134 cm³/mol. The lowest BCUT2D eigenvalue weighted by atomic mass is 9.32. The van der Waals surface area contributed by atoms with Gasteiger partial charge in [0.25, 0.3) is 0 Å². The van der Waals surface area contributed by atoms with E-state index in [1.165, 1.54) is 38.5 Å². The molecule has 0 bridgehead atoms. The zero-order chi connectivity index (χ0) is 24.7. The van der Waals surface area contributed by atoms with E-state index in [0.717, 1.165) is 43.9 Å². The van der Waals surface area contributed by atoms with Crippen molar-refractivity contribution in [2.24, 2.45) is 56.7 Å². The third-order valence-corrected chi connectivity index (χ3v) is 13.6. The van der Waals surface area contributed by atoms with Crippen molar-refractivity contribution >= 4 is 5.97 Å². The Kier molecular flexibility index (Phi) is 5.85. The molecule has 5 saturated carbocycles. The van der Waals surface area contributed by atoms with E-state index < -0.39 is 11.4 Å². The van der Waals surface area contributed by atoms with E-state index in [-0.39, 0.29) is 35.4 Å². The van der Waals surface area contributed by atoms with Crippen molar-refractivity contribution in [3.05, 3.63) is 0 Å². The second kappa shape index (κ2) is 7.94. The number of hydrogen-bond acceptors (Lipinski definition) is 3. The lowest BCUT2D eigenvalue weighted by Gasteiger charge is -2.72. The Labute approximate surface area is 207 Å². The number of ether oxygens (including phenoxy) is 1. The first kappa shape index (κ1) is 25.1. The van der Waals surface area contributed by atoms with Gasteiger partial charge in [0.05, 0.1) is 18.1 Å². The Morgan fingerprint density at radius 2 is 1.62 bits per heavy atom. The summed E-state index contributed by atoms with van der Waals surface area (Å²) < 4.78 is 5.77. The van der Waals surface area contributed by atoms with Crippen molar-refractivity contribution in [1.82, 2.24) is 0 Å². The van der Waals surface area contributed by atoms with Crippen molar-refractivity contribution in [3.8, 4) is 0 Å². The SMILES string of the molecule is COC(CO)C1CCC2(C(=O)O)CC[C@]3(C)C(CCC4C5(C)CCCC(C)(C)C5CCC43C)C12. The van der Waals surface area contributed by atoms with Gasteiger partial charge in [-0.15, -0.1) is 0 Å². The van der Waals surface area contributed by atoms with E-state index >= 15 is 0 Å². The van der Waals surface area contributed by atoms with Gasteiger partial charge in [-0.3, -0.25) is 4.79 Å². The lowest BCUT2D eigenvalue weighted by Crippen LogP contribution is -2.66. The summed E-state index contributed by atoms with van der Waals surface area (Å²) in [6.45, 7) is 12.9. The summed E-state index contributed by atoms with van der Waals surface area (Å²) in [5, 5.41) is 20.7. The van der Waals surface area contributed by atoms with E-state index in [9.17, 15) is 15.0 Å². The fourth-order valence-electron chi connectivity index (χ4n) is 11.9. The van der Waals surface area contributed by atoms with Crippen molar-refractivity contribution in [1.29, 1.82) is 0 Å². The molecule has 0 saturated heterocycles. The van der Waals surface area contributed by atoms with Crippen molar-refractivity contribution < 1.29 is 19.7 Å². The molecule has 9 unspecified atom stereocenters. The van der Waals surface area contributed by atoms with E-state index in [2.05, 4.69) is 34.6 Å². The molecule has 0 aliphatic heterocycles. The van der Waals surface area contributed by atoms with E-state index in [1.807, 2.05) is 0 Å². The van der Waals surface area contributed by atoms with Crippen LogP contribution in [-0.4, -0.2) is 36.0 Å². The summed E-state index contributed by atoms with van der Waals surface area (Å²) in [4.78, 5) is 12.9. The molecule has 10 atom stereocenters. The van der Waals surface area contributed by atoms with Crippen molar-refractivity contribution in [2.75, 3.05) is 13.7 Å². The number of rotatable bonds is 4. The second-order valence-corrected chi connectivity index (χ2v) is 14.7. The highest BCUT2D eigenvalue weighted by Gasteiger charge is 2.71. The minimum absolute atomic E-state index is 0.00841. The summed E-state index contributed by atoms with van der Waals surface area (Å²) >= 11 is 0. The number of carboxylic acid groups (broad SMARTS) is 1. The molecule has 34 heavy (non-hydrogen) atoms. The van der Waals surface area contributed by atoms with Crippen molar-refractivity contribution in [3.63, 3.8) is 0 Å². The molecular weight excluding hydrogens is 424 g/mol. The van der Waals surface area contributed by atoms with Gasteiger partial charge in [0, 0.05) is 7.11 Å². The van der Waals surface area contributed by atoms with Gasteiger partial charge in [0.15, 0.2) is 0 Å². The molecule has 0 aromatic heterocycles. The Hall–Kier alpha value is -0.610.